The lowest BCUT2D eigenvalue weighted by Gasteiger charge is -2.24. The number of nitrogens with zero attached hydrogens (tertiary/aromatic N) is 1. The third kappa shape index (κ3) is 5.82. The summed E-state index contributed by atoms with van der Waals surface area (Å²) >= 11 is 0. The van der Waals surface area contributed by atoms with Gasteiger partial charge in [-0.2, -0.15) is 0 Å². The summed E-state index contributed by atoms with van der Waals surface area (Å²) in [5.41, 5.74) is 1.45. The molecule has 4 heteroatoms. The molecule has 1 aromatic carbocycles. The van der Waals surface area contributed by atoms with Crippen molar-refractivity contribution in [2.24, 2.45) is 5.41 Å². The second kappa shape index (κ2) is 9.11. The van der Waals surface area contributed by atoms with Gasteiger partial charge in [0.25, 0.3) is 0 Å². The van der Waals surface area contributed by atoms with Crippen LogP contribution < -0.4 is 14.8 Å². The molecule has 0 saturated heterocycles. The number of hydrogen-bond acceptors (Lipinski definition) is 3. The van der Waals surface area contributed by atoms with E-state index in [0.29, 0.717) is 12.4 Å². The summed E-state index contributed by atoms with van der Waals surface area (Å²) in [5, 5.41) is 12.8. The largest absolute Gasteiger partial charge is 0.493 e. The number of allylic oxidation sites excluding steroid dienone is 1. The molecule has 1 aromatic heterocycles. The van der Waals surface area contributed by atoms with E-state index in [1.54, 1.807) is 12.3 Å². The molecule has 0 amide bonds. The Morgan fingerprint density at radius 1 is 1.24 bits per heavy atom. The zero-order valence-electron chi connectivity index (χ0n) is 15.2. The van der Waals surface area contributed by atoms with Gasteiger partial charge in [-0.05, 0) is 42.0 Å². The van der Waals surface area contributed by atoms with Crippen molar-refractivity contribution in [3.8, 4) is 5.75 Å². The van der Waals surface area contributed by atoms with E-state index >= 15 is 0 Å². The predicted octanol–water partition coefficient (Wildman–Crippen LogP) is 4.24. The van der Waals surface area contributed by atoms with Crippen molar-refractivity contribution in [3.63, 3.8) is 0 Å². The van der Waals surface area contributed by atoms with E-state index in [1.807, 2.05) is 30.3 Å². The predicted molar refractivity (Wildman–Crippen MR) is 101 cm³/mol. The van der Waals surface area contributed by atoms with Gasteiger partial charge in [0.1, 0.15) is 11.9 Å². The molecule has 0 aliphatic heterocycles. The molecule has 0 aliphatic rings. The molecule has 2 N–H and O–H groups in total. The Bertz CT molecular complexity index is 670. The normalized spacial score (nSPS) is 13.0. The third-order valence-electron chi connectivity index (χ3n) is 4.57. The Kier molecular flexibility index (Phi) is 6.87. The van der Waals surface area contributed by atoms with Crippen LogP contribution >= 0.6 is 0 Å². The number of nitrogens with one attached hydrogen (secondary N) is 1. The van der Waals surface area contributed by atoms with Gasteiger partial charge in [0.2, 0.25) is 0 Å². The lowest BCUT2D eigenvalue weighted by atomic mass is 9.81. The summed E-state index contributed by atoms with van der Waals surface area (Å²) in [6, 6.07) is 13.8. The SMILES string of the molecule is C=CC(C)(CC)Cc1ccc(OCCCNc2cccc[n+]2O)cc1. The van der Waals surface area contributed by atoms with Crippen LogP contribution in [0.2, 0.25) is 0 Å². The summed E-state index contributed by atoms with van der Waals surface area (Å²) in [6.45, 7) is 9.75. The van der Waals surface area contributed by atoms with Crippen molar-refractivity contribution in [3.05, 3.63) is 66.9 Å². The fourth-order valence-corrected chi connectivity index (χ4v) is 2.56. The second-order valence-electron chi connectivity index (χ2n) is 6.59. The highest BCUT2D eigenvalue weighted by atomic mass is 16.5. The maximum atomic E-state index is 9.60. The summed E-state index contributed by atoms with van der Waals surface area (Å²) < 4.78 is 6.86. The van der Waals surface area contributed by atoms with Crippen LogP contribution in [0.3, 0.4) is 0 Å². The lowest BCUT2D eigenvalue weighted by molar-refractivity contribution is -0.893. The van der Waals surface area contributed by atoms with Gasteiger partial charge in [-0.25, -0.2) is 0 Å². The molecule has 0 aliphatic carbocycles. The van der Waals surface area contributed by atoms with Gasteiger partial charge in [-0.1, -0.05) is 42.9 Å². The first-order valence-corrected chi connectivity index (χ1v) is 8.85. The van der Waals surface area contributed by atoms with E-state index in [1.165, 1.54) is 5.56 Å². The molecular formula is C21H29N2O2+. The van der Waals surface area contributed by atoms with E-state index in [4.69, 9.17) is 4.74 Å². The maximum Gasteiger partial charge on any atom is 0.313 e. The zero-order chi connectivity index (χ0) is 18.1. The number of rotatable bonds is 10. The average Bonchev–Trinajstić information content (AvgIpc) is 2.64. The number of anilines is 1. The molecule has 0 bridgehead atoms. The summed E-state index contributed by atoms with van der Waals surface area (Å²) in [7, 11) is 0. The summed E-state index contributed by atoms with van der Waals surface area (Å²) in [4.78, 5) is 0. The minimum absolute atomic E-state index is 0.148. The first-order valence-electron chi connectivity index (χ1n) is 8.85. The highest BCUT2D eigenvalue weighted by Crippen LogP contribution is 2.28. The quantitative estimate of drug-likeness (QED) is 0.294. The molecule has 4 nitrogen and oxygen atoms in total. The van der Waals surface area contributed by atoms with Gasteiger partial charge in [-0.15, -0.1) is 6.58 Å². The van der Waals surface area contributed by atoms with Crippen molar-refractivity contribution in [2.45, 2.75) is 33.1 Å². The molecule has 1 heterocycles. The van der Waals surface area contributed by atoms with Crippen molar-refractivity contribution in [2.75, 3.05) is 18.5 Å². The van der Waals surface area contributed by atoms with Gasteiger partial charge in [-0.3, -0.25) is 5.32 Å². The number of benzene rings is 1. The van der Waals surface area contributed by atoms with Crippen molar-refractivity contribution in [1.82, 2.24) is 0 Å². The number of pyridine rings is 1. The topological polar surface area (TPSA) is 45.4 Å². The summed E-state index contributed by atoms with van der Waals surface area (Å²) in [6.07, 6.45) is 6.57. The van der Waals surface area contributed by atoms with Crippen LogP contribution in [0.5, 0.6) is 5.75 Å². The molecule has 0 saturated carbocycles. The molecule has 1 unspecified atom stereocenters. The number of hydrogen-bond donors (Lipinski definition) is 2. The smallest absolute Gasteiger partial charge is 0.313 e. The molecule has 0 radical (unpaired) electrons. The second-order valence-corrected chi connectivity index (χ2v) is 6.59. The number of ether oxygens (including phenoxy) is 1. The molecular weight excluding hydrogens is 312 g/mol. The van der Waals surface area contributed by atoms with Crippen LogP contribution in [0.4, 0.5) is 5.82 Å². The lowest BCUT2D eigenvalue weighted by Crippen LogP contribution is -2.33. The van der Waals surface area contributed by atoms with E-state index in [0.717, 1.165) is 36.3 Å². The molecule has 0 fully saturated rings. The minimum Gasteiger partial charge on any atom is -0.493 e. The van der Waals surface area contributed by atoms with E-state index in [-0.39, 0.29) is 5.41 Å². The van der Waals surface area contributed by atoms with Crippen LogP contribution in [0.15, 0.2) is 61.3 Å². The highest BCUT2D eigenvalue weighted by molar-refractivity contribution is 5.29. The number of aromatic nitrogens is 1. The monoisotopic (exact) mass is 341 g/mol. The Hall–Kier alpha value is -2.49. The van der Waals surface area contributed by atoms with Gasteiger partial charge in [0.05, 0.1) is 13.2 Å². The van der Waals surface area contributed by atoms with Gasteiger partial charge < -0.3 is 9.94 Å². The first-order chi connectivity index (χ1) is 12.1. The molecule has 2 rings (SSSR count). The summed E-state index contributed by atoms with van der Waals surface area (Å²) in [5.74, 6) is 1.56. The fraction of sp³-hybridized carbons (Fsp3) is 0.381. The van der Waals surface area contributed by atoms with Crippen molar-refractivity contribution >= 4 is 5.82 Å². The van der Waals surface area contributed by atoms with Crippen LogP contribution in [0, 0.1) is 5.41 Å². The Morgan fingerprint density at radius 2 is 2.00 bits per heavy atom. The van der Waals surface area contributed by atoms with E-state index in [2.05, 4.69) is 37.9 Å². The molecule has 1 atom stereocenters. The van der Waals surface area contributed by atoms with Crippen molar-refractivity contribution < 1.29 is 14.7 Å². The van der Waals surface area contributed by atoms with Crippen molar-refractivity contribution in [1.29, 1.82) is 0 Å². The average molecular weight is 341 g/mol. The molecule has 2 aromatic rings. The standard InChI is InChI=1S/C21H28N2O2/c1-4-21(3,5-2)17-18-10-12-19(13-11-18)25-16-8-14-22-20-9-6-7-15-23(20)24/h4,6-7,9-13,15,24H,1,5,8,14,16-17H2,2-3H3/p+1. The molecule has 25 heavy (non-hydrogen) atoms. The third-order valence-corrected chi connectivity index (χ3v) is 4.57. The zero-order valence-corrected chi connectivity index (χ0v) is 15.2. The van der Waals surface area contributed by atoms with E-state index in [9.17, 15) is 5.21 Å². The van der Waals surface area contributed by atoms with Crippen LogP contribution in [-0.2, 0) is 6.42 Å². The van der Waals surface area contributed by atoms with Crippen LogP contribution in [0.25, 0.3) is 0 Å². The minimum atomic E-state index is 0.148. The van der Waals surface area contributed by atoms with Gasteiger partial charge in [0, 0.05) is 12.5 Å². The van der Waals surface area contributed by atoms with Crippen LogP contribution in [0.1, 0.15) is 32.3 Å². The Balaban J connectivity index is 1.73. The first kappa shape index (κ1) is 18.8. The molecule has 134 valence electrons. The Labute approximate surface area is 150 Å². The maximum absolute atomic E-state index is 9.60. The van der Waals surface area contributed by atoms with Gasteiger partial charge in [0.15, 0.2) is 0 Å². The van der Waals surface area contributed by atoms with Gasteiger partial charge >= 0.3 is 5.82 Å². The Morgan fingerprint density at radius 3 is 2.64 bits per heavy atom. The van der Waals surface area contributed by atoms with Crippen LogP contribution in [-0.4, -0.2) is 18.4 Å². The molecule has 0 spiro atoms. The van der Waals surface area contributed by atoms with E-state index < -0.39 is 0 Å². The highest BCUT2D eigenvalue weighted by Gasteiger charge is 2.18. The fourth-order valence-electron chi connectivity index (χ4n) is 2.56.